The normalized spacial score (nSPS) is 19.9. The lowest BCUT2D eigenvalue weighted by Crippen LogP contribution is -2.22. The SMILES string of the molecule is O=C1NC(=O)[C@H](c2cc3cccnc3o2)N1. The predicted molar refractivity (Wildman–Crippen MR) is 53.4 cm³/mol. The lowest BCUT2D eigenvalue weighted by Gasteiger charge is -2.00. The highest BCUT2D eigenvalue weighted by Gasteiger charge is 2.33. The molecule has 16 heavy (non-hydrogen) atoms. The van der Waals surface area contributed by atoms with Gasteiger partial charge in [-0.15, -0.1) is 0 Å². The Bertz CT molecular complexity index is 557. The van der Waals surface area contributed by atoms with E-state index in [9.17, 15) is 9.59 Å². The molecule has 0 bridgehead atoms. The Morgan fingerprint density at radius 3 is 2.94 bits per heavy atom. The minimum Gasteiger partial charge on any atom is -0.440 e. The highest BCUT2D eigenvalue weighted by molar-refractivity contribution is 6.04. The molecule has 2 N–H and O–H groups in total. The van der Waals surface area contributed by atoms with Crippen LogP contribution in [0.4, 0.5) is 4.79 Å². The third-order valence-electron chi connectivity index (χ3n) is 2.37. The van der Waals surface area contributed by atoms with E-state index in [4.69, 9.17) is 4.42 Å². The zero-order valence-electron chi connectivity index (χ0n) is 8.06. The molecule has 1 aliphatic rings. The van der Waals surface area contributed by atoms with E-state index in [1.54, 1.807) is 18.3 Å². The molecule has 6 heteroatoms. The molecule has 1 saturated heterocycles. The number of carbonyl (C=O) groups is 2. The number of nitrogens with one attached hydrogen (secondary N) is 2. The van der Waals surface area contributed by atoms with Gasteiger partial charge < -0.3 is 9.73 Å². The fourth-order valence-corrected chi connectivity index (χ4v) is 1.65. The first-order valence-electron chi connectivity index (χ1n) is 4.70. The largest absolute Gasteiger partial charge is 0.440 e. The van der Waals surface area contributed by atoms with Crippen molar-refractivity contribution >= 4 is 23.0 Å². The first kappa shape index (κ1) is 8.90. The number of carbonyl (C=O) groups excluding carboxylic acids is 2. The number of hydrogen-bond donors (Lipinski definition) is 2. The maximum atomic E-state index is 11.4. The Morgan fingerprint density at radius 1 is 1.38 bits per heavy atom. The van der Waals surface area contributed by atoms with Crippen LogP contribution in [0.2, 0.25) is 0 Å². The number of furan rings is 1. The number of amides is 3. The molecule has 3 rings (SSSR count). The van der Waals surface area contributed by atoms with Crippen LogP contribution in [0, 0.1) is 0 Å². The molecule has 0 radical (unpaired) electrons. The Labute approximate surface area is 89.6 Å². The van der Waals surface area contributed by atoms with E-state index in [0.29, 0.717) is 11.5 Å². The van der Waals surface area contributed by atoms with Gasteiger partial charge >= 0.3 is 6.03 Å². The second kappa shape index (κ2) is 3.06. The van der Waals surface area contributed by atoms with Gasteiger partial charge in [-0.05, 0) is 18.2 Å². The van der Waals surface area contributed by atoms with Gasteiger partial charge in [-0.2, -0.15) is 0 Å². The number of urea groups is 1. The average molecular weight is 217 g/mol. The molecule has 0 aromatic carbocycles. The van der Waals surface area contributed by atoms with Crippen molar-refractivity contribution in [2.24, 2.45) is 0 Å². The van der Waals surface area contributed by atoms with Crippen LogP contribution < -0.4 is 10.6 Å². The van der Waals surface area contributed by atoms with Crippen LogP contribution in [0.15, 0.2) is 28.8 Å². The van der Waals surface area contributed by atoms with E-state index >= 15 is 0 Å². The first-order chi connectivity index (χ1) is 7.74. The van der Waals surface area contributed by atoms with E-state index in [1.807, 2.05) is 6.07 Å². The summed E-state index contributed by atoms with van der Waals surface area (Å²) in [5.41, 5.74) is 0.450. The smallest absolute Gasteiger partial charge is 0.322 e. The van der Waals surface area contributed by atoms with Crippen molar-refractivity contribution in [3.63, 3.8) is 0 Å². The topological polar surface area (TPSA) is 84.2 Å². The van der Waals surface area contributed by atoms with E-state index < -0.39 is 18.0 Å². The molecule has 2 aromatic heterocycles. The zero-order valence-corrected chi connectivity index (χ0v) is 8.06. The summed E-state index contributed by atoms with van der Waals surface area (Å²) in [6.45, 7) is 0. The Balaban J connectivity index is 2.06. The van der Waals surface area contributed by atoms with Gasteiger partial charge in [0.25, 0.3) is 5.91 Å². The van der Waals surface area contributed by atoms with Crippen molar-refractivity contribution in [2.75, 3.05) is 0 Å². The zero-order chi connectivity index (χ0) is 11.1. The van der Waals surface area contributed by atoms with Gasteiger partial charge in [-0.3, -0.25) is 10.1 Å². The summed E-state index contributed by atoms with van der Waals surface area (Å²) in [4.78, 5) is 26.3. The Morgan fingerprint density at radius 2 is 2.25 bits per heavy atom. The summed E-state index contributed by atoms with van der Waals surface area (Å²) in [5.74, 6) is -0.0268. The van der Waals surface area contributed by atoms with Gasteiger partial charge in [-0.1, -0.05) is 0 Å². The summed E-state index contributed by atoms with van der Waals surface area (Å²) < 4.78 is 5.38. The predicted octanol–water partition coefficient (Wildman–Crippen LogP) is 0.708. The van der Waals surface area contributed by atoms with Gasteiger partial charge in [-0.25, -0.2) is 9.78 Å². The van der Waals surface area contributed by atoms with Crippen LogP contribution >= 0.6 is 0 Å². The minimum atomic E-state index is -0.762. The maximum Gasteiger partial charge on any atom is 0.322 e. The molecule has 0 aliphatic carbocycles. The van der Waals surface area contributed by atoms with Gasteiger partial charge in [0.1, 0.15) is 5.76 Å². The van der Waals surface area contributed by atoms with Crippen LogP contribution in [-0.2, 0) is 4.79 Å². The number of imide groups is 1. The molecule has 2 aromatic rings. The summed E-state index contributed by atoms with van der Waals surface area (Å²) >= 11 is 0. The van der Waals surface area contributed by atoms with Crippen molar-refractivity contribution in [1.82, 2.24) is 15.6 Å². The molecule has 3 amide bonds. The van der Waals surface area contributed by atoms with Crippen molar-refractivity contribution in [1.29, 1.82) is 0 Å². The summed E-state index contributed by atoms with van der Waals surface area (Å²) in [7, 11) is 0. The minimum absolute atomic E-state index is 0.386. The fourth-order valence-electron chi connectivity index (χ4n) is 1.65. The molecular weight excluding hydrogens is 210 g/mol. The molecule has 0 unspecified atom stereocenters. The molecule has 1 fully saturated rings. The summed E-state index contributed by atoms with van der Waals surface area (Å²) in [6.07, 6.45) is 1.60. The Kier molecular flexibility index (Phi) is 1.70. The van der Waals surface area contributed by atoms with Crippen molar-refractivity contribution in [3.8, 4) is 0 Å². The van der Waals surface area contributed by atoms with Crippen LogP contribution in [0.1, 0.15) is 11.8 Å². The number of hydrogen-bond acceptors (Lipinski definition) is 4. The summed E-state index contributed by atoms with van der Waals surface area (Å²) in [5, 5.41) is 5.40. The number of aromatic nitrogens is 1. The highest BCUT2D eigenvalue weighted by Crippen LogP contribution is 2.23. The molecule has 0 spiro atoms. The molecular formula is C10H7N3O3. The third-order valence-corrected chi connectivity index (χ3v) is 2.37. The number of nitrogens with zero attached hydrogens (tertiary/aromatic N) is 1. The number of rotatable bonds is 1. The molecule has 3 heterocycles. The molecule has 0 saturated carbocycles. The van der Waals surface area contributed by atoms with E-state index in [0.717, 1.165) is 5.39 Å². The average Bonchev–Trinajstić information content (AvgIpc) is 2.81. The fraction of sp³-hybridized carbons (Fsp3) is 0.100. The monoisotopic (exact) mass is 217 g/mol. The van der Waals surface area contributed by atoms with E-state index in [1.165, 1.54) is 0 Å². The summed E-state index contributed by atoms with van der Waals surface area (Å²) in [6, 6.07) is 4.02. The van der Waals surface area contributed by atoms with Crippen LogP contribution in [0.5, 0.6) is 0 Å². The lowest BCUT2D eigenvalue weighted by molar-refractivity contribution is -0.120. The van der Waals surface area contributed by atoms with Crippen LogP contribution in [0.3, 0.4) is 0 Å². The Hall–Kier alpha value is -2.37. The second-order valence-electron chi connectivity index (χ2n) is 3.44. The van der Waals surface area contributed by atoms with Gasteiger partial charge in [0, 0.05) is 11.6 Å². The van der Waals surface area contributed by atoms with Crippen molar-refractivity contribution in [2.45, 2.75) is 6.04 Å². The van der Waals surface area contributed by atoms with Crippen LogP contribution in [-0.4, -0.2) is 16.9 Å². The lowest BCUT2D eigenvalue weighted by atomic mass is 10.2. The quantitative estimate of drug-likeness (QED) is 0.689. The maximum absolute atomic E-state index is 11.4. The van der Waals surface area contributed by atoms with Gasteiger partial charge in [0.2, 0.25) is 5.71 Å². The highest BCUT2D eigenvalue weighted by atomic mass is 16.3. The molecule has 80 valence electrons. The van der Waals surface area contributed by atoms with Crippen LogP contribution in [0.25, 0.3) is 11.1 Å². The van der Waals surface area contributed by atoms with Crippen molar-refractivity contribution < 1.29 is 14.0 Å². The first-order valence-corrected chi connectivity index (χ1v) is 4.70. The third kappa shape index (κ3) is 1.23. The van der Waals surface area contributed by atoms with E-state index in [-0.39, 0.29) is 0 Å². The second-order valence-corrected chi connectivity index (χ2v) is 3.44. The van der Waals surface area contributed by atoms with Gasteiger partial charge in [0.15, 0.2) is 6.04 Å². The molecule has 6 nitrogen and oxygen atoms in total. The molecule has 1 atom stereocenters. The number of fused-ring (bicyclic) bond motifs is 1. The van der Waals surface area contributed by atoms with Crippen molar-refractivity contribution in [3.05, 3.63) is 30.2 Å². The van der Waals surface area contributed by atoms with E-state index in [2.05, 4.69) is 15.6 Å². The van der Waals surface area contributed by atoms with Gasteiger partial charge in [0.05, 0.1) is 0 Å². The molecule has 1 aliphatic heterocycles. The number of pyridine rings is 1. The standard InChI is InChI=1S/C10H7N3O3/c14-8-7(12-10(15)13-8)6-4-5-2-1-3-11-9(5)16-6/h1-4,7H,(H2,12,13,14,15)/t7-/m0/s1.